The van der Waals surface area contributed by atoms with Crippen molar-refractivity contribution in [2.75, 3.05) is 23.5 Å². The van der Waals surface area contributed by atoms with Crippen LogP contribution in [0.2, 0.25) is 0 Å². The maximum Gasteiger partial charge on any atom is 0.234 e. The first-order valence-corrected chi connectivity index (χ1v) is 10.6. The maximum atomic E-state index is 12.2. The number of benzene rings is 2. The Hall–Kier alpha value is -2.10. The van der Waals surface area contributed by atoms with Crippen LogP contribution in [0, 0.1) is 6.92 Å². The van der Waals surface area contributed by atoms with Crippen molar-refractivity contribution in [2.45, 2.75) is 11.3 Å². The Morgan fingerprint density at radius 2 is 2.11 bits per heavy atom. The van der Waals surface area contributed by atoms with E-state index in [1.165, 1.54) is 23.1 Å². The summed E-state index contributed by atoms with van der Waals surface area (Å²) in [6, 6.07) is 13.4. The Labute approximate surface area is 173 Å². The van der Waals surface area contributed by atoms with Gasteiger partial charge in [0.25, 0.3) is 0 Å². The number of thioether (sulfide) groups is 1. The summed E-state index contributed by atoms with van der Waals surface area (Å²) in [7, 11) is 1.62. The first-order valence-electron chi connectivity index (χ1n) is 7.97. The second-order valence-corrected chi connectivity index (χ2v) is 8.60. The number of hydrogen-bond donors (Lipinski definition) is 2. The van der Waals surface area contributed by atoms with E-state index in [0.29, 0.717) is 5.13 Å². The Morgan fingerprint density at radius 1 is 1.26 bits per heavy atom. The molecule has 2 aromatic carbocycles. The normalized spacial score (nSPS) is 10.5. The molecule has 0 aliphatic rings. The highest BCUT2D eigenvalue weighted by Crippen LogP contribution is 2.29. The molecular weight excluding hydrogens is 448 g/mol. The van der Waals surface area contributed by atoms with Crippen LogP contribution in [0.5, 0.6) is 5.75 Å². The molecule has 6 nitrogen and oxygen atoms in total. The van der Waals surface area contributed by atoms with E-state index in [-0.39, 0.29) is 11.7 Å². The number of anilines is 3. The van der Waals surface area contributed by atoms with Crippen molar-refractivity contribution in [1.29, 1.82) is 0 Å². The molecule has 1 amide bonds. The van der Waals surface area contributed by atoms with Gasteiger partial charge in [0.05, 0.1) is 18.6 Å². The van der Waals surface area contributed by atoms with E-state index < -0.39 is 0 Å². The zero-order chi connectivity index (χ0) is 19.2. The number of amides is 1. The smallest absolute Gasteiger partial charge is 0.234 e. The molecule has 9 heteroatoms. The highest BCUT2D eigenvalue weighted by Gasteiger charge is 2.10. The number of methoxy groups -OCH3 is 1. The van der Waals surface area contributed by atoms with Crippen molar-refractivity contribution in [3.05, 3.63) is 52.5 Å². The second-order valence-electron chi connectivity index (χ2n) is 5.55. The molecule has 0 radical (unpaired) electrons. The number of ether oxygens (including phenoxy) is 1. The molecule has 0 aliphatic heterocycles. The summed E-state index contributed by atoms with van der Waals surface area (Å²) < 4.78 is 6.79. The molecule has 0 bridgehead atoms. The van der Waals surface area contributed by atoms with E-state index in [1.54, 1.807) is 7.11 Å². The highest BCUT2D eigenvalue weighted by molar-refractivity contribution is 9.10. The molecule has 3 aromatic rings. The van der Waals surface area contributed by atoms with Gasteiger partial charge in [0.2, 0.25) is 11.0 Å². The zero-order valence-electron chi connectivity index (χ0n) is 14.7. The number of nitrogens with zero attached hydrogens (tertiary/aromatic N) is 2. The van der Waals surface area contributed by atoms with Crippen LogP contribution in [0.4, 0.5) is 16.5 Å². The molecule has 0 aliphatic carbocycles. The number of nitrogens with one attached hydrogen (secondary N) is 2. The Bertz CT molecular complexity index is 949. The third-order valence-corrected chi connectivity index (χ3v) is 6.08. The number of hydrogen-bond acceptors (Lipinski definition) is 7. The predicted molar refractivity (Wildman–Crippen MR) is 114 cm³/mol. The summed E-state index contributed by atoms with van der Waals surface area (Å²) in [4.78, 5) is 12.2. The van der Waals surface area contributed by atoms with Crippen molar-refractivity contribution >= 4 is 61.4 Å². The molecule has 0 fully saturated rings. The molecule has 0 saturated carbocycles. The quantitative estimate of drug-likeness (QED) is 0.474. The van der Waals surface area contributed by atoms with Gasteiger partial charge in [0.15, 0.2) is 4.34 Å². The summed E-state index contributed by atoms with van der Waals surface area (Å²) in [5.74, 6) is 0.925. The Morgan fingerprint density at radius 3 is 2.89 bits per heavy atom. The average molecular weight is 465 g/mol. The minimum atomic E-state index is -0.0953. The van der Waals surface area contributed by atoms with Gasteiger partial charge < -0.3 is 15.4 Å². The third kappa shape index (κ3) is 5.69. The molecular formula is C18H17BrN4O2S2. The fraction of sp³-hybridized carbons (Fsp3) is 0.167. The molecule has 140 valence electrons. The van der Waals surface area contributed by atoms with Gasteiger partial charge in [0, 0.05) is 16.2 Å². The number of carbonyl (C=O) groups is 1. The standard InChI is InChI=1S/C18H17BrN4O2S2/c1-11-6-7-15(14(19)8-11)21-16(24)10-26-18-23-22-17(27-18)20-12-4-3-5-13(9-12)25-2/h3-9H,10H2,1-2H3,(H,20,22)(H,21,24). The first-order chi connectivity index (χ1) is 13.0. The summed E-state index contributed by atoms with van der Waals surface area (Å²) >= 11 is 6.20. The van der Waals surface area contributed by atoms with Crippen molar-refractivity contribution in [2.24, 2.45) is 0 Å². The fourth-order valence-electron chi connectivity index (χ4n) is 2.18. The summed E-state index contributed by atoms with van der Waals surface area (Å²) in [6.07, 6.45) is 0. The maximum absolute atomic E-state index is 12.2. The molecule has 3 rings (SSSR count). The van der Waals surface area contributed by atoms with Gasteiger partial charge in [-0.25, -0.2) is 0 Å². The zero-order valence-corrected chi connectivity index (χ0v) is 17.9. The molecule has 0 saturated heterocycles. The van der Waals surface area contributed by atoms with E-state index in [2.05, 4.69) is 36.8 Å². The predicted octanol–water partition coefficient (Wildman–Crippen LogP) is 5.09. The topological polar surface area (TPSA) is 76.1 Å². The number of rotatable bonds is 7. The Kier molecular flexibility index (Phi) is 6.70. The van der Waals surface area contributed by atoms with Gasteiger partial charge >= 0.3 is 0 Å². The van der Waals surface area contributed by atoms with Crippen LogP contribution < -0.4 is 15.4 Å². The van der Waals surface area contributed by atoms with Crippen molar-refractivity contribution in [3.8, 4) is 5.75 Å². The van der Waals surface area contributed by atoms with Crippen molar-refractivity contribution in [1.82, 2.24) is 10.2 Å². The minimum absolute atomic E-state index is 0.0953. The molecule has 27 heavy (non-hydrogen) atoms. The lowest BCUT2D eigenvalue weighted by Crippen LogP contribution is -2.14. The second kappa shape index (κ2) is 9.20. The lowest BCUT2D eigenvalue weighted by Gasteiger charge is -2.07. The SMILES string of the molecule is COc1cccc(Nc2nnc(SCC(=O)Nc3ccc(C)cc3Br)s2)c1. The fourth-order valence-corrected chi connectivity index (χ4v) is 4.34. The van der Waals surface area contributed by atoms with Crippen LogP contribution in [0.3, 0.4) is 0 Å². The third-order valence-electron chi connectivity index (χ3n) is 3.45. The number of halogens is 1. The summed E-state index contributed by atoms with van der Waals surface area (Å²) in [5, 5.41) is 15.0. The molecule has 1 aromatic heterocycles. The molecule has 1 heterocycles. The van der Waals surface area contributed by atoms with E-state index in [0.717, 1.165) is 31.5 Å². The molecule has 0 unspecified atom stereocenters. The van der Waals surface area contributed by atoms with Crippen molar-refractivity contribution in [3.63, 3.8) is 0 Å². The van der Waals surface area contributed by atoms with Gasteiger partial charge in [-0.3, -0.25) is 4.79 Å². The van der Waals surface area contributed by atoms with Crippen LogP contribution in [-0.2, 0) is 4.79 Å². The summed E-state index contributed by atoms with van der Waals surface area (Å²) in [5.41, 5.74) is 2.74. The van der Waals surface area contributed by atoms with Gasteiger partial charge in [0.1, 0.15) is 5.75 Å². The van der Waals surface area contributed by atoms with E-state index in [9.17, 15) is 4.79 Å². The minimum Gasteiger partial charge on any atom is -0.497 e. The van der Waals surface area contributed by atoms with E-state index >= 15 is 0 Å². The highest BCUT2D eigenvalue weighted by atomic mass is 79.9. The van der Waals surface area contributed by atoms with E-state index in [4.69, 9.17) is 4.74 Å². The number of carbonyl (C=O) groups excluding carboxylic acids is 1. The van der Waals surface area contributed by atoms with Gasteiger partial charge in [-0.2, -0.15) is 0 Å². The lowest BCUT2D eigenvalue weighted by molar-refractivity contribution is -0.113. The van der Waals surface area contributed by atoms with Gasteiger partial charge in [-0.05, 0) is 52.7 Å². The number of aryl methyl sites for hydroxylation is 1. The van der Waals surface area contributed by atoms with Crippen LogP contribution >= 0.6 is 39.0 Å². The first kappa shape index (κ1) is 19.7. The lowest BCUT2D eigenvalue weighted by atomic mass is 10.2. The average Bonchev–Trinajstić information content (AvgIpc) is 3.10. The number of aromatic nitrogens is 2. The Balaban J connectivity index is 1.53. The van der Waals surface area contributed by atoms with Crippen LogP contribution in [0.15, 0.2) is 51.3 Å². The largest absolute Gasteiger partial charge is 0.497 e. The summed E-state index contributed by atoms with van der Waals surface area (Å²) in [6.45, 7) is 2.00. The van der Waals surface area contributed by atoms with Crippen LogP contribution in [0.25, 0.3) is 0 Å². The monoisotopic (exact) mass is 464 g/mol. The van der Waals surface area contributed by atoms with Gasteiger partial charge in [-0.15, -0.1) is 10.2 Å². The van der Waals surface area contributed by atoms with Crippen molar-refractivity contribution < 1.29 is 9.53 Å². The molecule has 2 N–H and O–H groups in total. The van der Waals surface area contributed by atoms with Crippen LogP contribution in [-0.4, -0.2) is 29.0 Å². The van der Waals surface area contributed by atoms with E-state index in [1.807, 2.05) is 49.4 Å². The van der Waals surface area contributed by atoms with Gasteiger partial charge in [-0.1, -0.05) is 35.2 Å². The molecule has 0 spiro atoms. The van der Waals surface area contributed by atoms with Crippen LogP contribution in [0.1, 0.15) is 5.56 Å². The molecule has 0 atom stereocenters.